The molecular formula is C14H12FNO3S. The molecule has 2 aromatic carbocycles. The summed E-state index contributed by atoms with van der Waals surface area (Å²) in [5, 5.41) is 20.6. The van der Waals surface area contributed by atoms with Gasteiger partial charge < -0.3 is 5.11 Å². The van der Waals surface area contributed by atoms with Crippen molar-refractivity contribution < 1.29 is 14.4 Å². The first kappa shape index (κ1) is 14.5. The van der Waals surface area contributed by atoms with Crippen molar-refractivity contribution >= 4 is 17.4 Å². The second kappa shape index (κ2) is 6.02. The molecule has 0 saturated carbocycles. The number of aliphatic hydroxyl groups excluding tert-OH is 1. The van der Waals surface area contributed by atoms with Crippen LogP contribution in [0, 0.1) is 15.9 Å². The van der Waals surface area contributed by atoms with Crippen molar-refractivity contribution in [3.05, 3.63) is 64.0 Å². The van der Waals surface area contributed by atoms with E-state index in [4.69, 9.17) is 0 Å². The highest BCUT2D eigenvalue weighted by Crippen LogP contribution is 2.37. The van der Waals surface area contributed by atoms with Crippen LogP contribution < -0.4 is 0 Å². The van der Waals surface area contributed by atoms with Gasteiger partial charge in [0.15, 0.2) is 0 Å². The predicted octanol–water partition coefficient (Wildman–Crippen LogP) is 3.94. The van der Waals surface area contributed by atoms with E-state index in [0.717, 1.165) is 11.8 Å². The van der Waals surface area contributed by atoms with Crippen molar-refractivity contribution in [1.29, 1.82) is 0 Å². The van der Waals surface area contributed by atoms with Crippen LogP contribution in [0.15, 0.2) is 52.3 Å². The molecule has 20 heavy (non-hydrogen) atoms. The molecule has 0 spiro atoms. The number of nitrogens with zero attached hydrogens (tertiary/aromatic N) is 1. The molecular weight excluding hydrogens is 281 g/mol. The van der Waals surface area contributed by atoms with Crippen LogP contribution in [-0.4, -0.2) is 10.0 Å². The SMILES string of the molecule is CC(O)c1ccc(Sc2ccccc2F)c([N+](=O)[O-])c1. The average molecular weight is 293 g/mol. The first-order chi connectivity index (χ1) is 9.49. The standard InChI is InChI=1S/C14H12FNO3S/c1-9(17)10-6-7-14(12(8-10)16(18)19)20-13-5-3-2-4-11(13)15/h2-9,17H,1H3. The molecule has 6 heteroatoms. The van der Waals surface area contributed by atoms with E-state index in [1.807, 2.05) is 0 Å². The molecule has 2 aromatic rings. The lowest BCUT2D eigenvalue weighted by Gasteiger charge is -2.08. The van der Waals surface area contributed by atoms with Crippen LogP contribution in [0.3, 0.4) is 0 Å². The maximum absolute atomic E-state index is 13.6. The maximum atomic E-state index is 13.6. The van der Waals surface area contributed by atoms with E-state index < -0.39 is 16.8 Å². The number of hydrogen-bond acceptors (Lipinski definition) is 4. The van der Waals surface area contributed by atoms with Gasteiger partial charge in [0.25, 0.3) is 5.69 Å². The molecule has 104 valence electrons. The lowest BCUT2D eigenvalue weighted by Crippen LogP contribution is -1.96. The largest absolute Gasteiger partial charge is 0.389 e. The molecule has 1 unspecified atom stereocenters. The lowest BCUT2D eigenvalue weighted by molar-refractivity contribution is -0.387. The third kappa shape index (κ3) is 3.15. The van der Waals surface area contributed by atoms with Crippen LogP contribution in [0.2, 0.25) is 0 Å². The third-order valence-corrected chi connectivity index (χ3v) is 3.83. The summed E-state index contributed by atoms with van der Waals surface area (Å²) in [6.45, 7) is 1.53. The Kier molecular flexibility index (Phi) is 4.36. The summed E-state index contributed by atoms with van der Waals surface area (Å²) in [6, 6.07) is 10.5. The van der Waals surface area contributed by atoms with E-state index >= 15 is 0 Å². The van der Waals surface area contributed by atoms with Crippen LogP contribution in [0.1, 0.15) is 18.6 Å². The molecule has 0 saturated heterocycles. The normalized spacial score (nSPS) is 12.2. The lowest BCUT2D eigenvalue weighted by atomic mass is 10.1. The van der Waals surface area contributed by atoms with Crippen molar-refractivity contribution in [3.63, 3.8) is 0 Å². The molecule has 0 aliphatic carbocycles. The van der Waals surface area contributed by atoms with Crippen molar-refractivity contribution in [3.8, 4) is 0 Å². The van der Waals surface area contributed by atoms with Crippen molar-refractivity contribution in [2.24, 2.45) is 0 Å². The van der Waals surface area contributed by atoms with E-state index in [0.29, 0.717) is 15.4 Å². The highest BCUT2D eigenvalue weighted by molar-refractivity contribution is 7.99. The highest BCUT2D eigenvalue weighted by Gasteiger charge is 2.18. The summed E-state index contributed by atoms with van der Waals surface area (Å²) in [5.41, 5.74) is 0.311. The molecule has 0 amide bonds. The molecule has 0 fully saturated rings. The van der Waals surface area contributed by atoms with Crippen LogP contribution in [0.4, 0.5) is 10.1 Å². The summed E-state index contributed by atoms with van der Waals surface area (Å²) >= 11 is 0.991. The molecule has 0 bridgehead atoms. The molecule has 0 aliphatic heterocycles. The van der Waals surface area contributed by atoms with Gasteiger partial charge in [-0.25, -0.2) is 4.39 Å². The Morgan fingerprint density at radius 2 is 1.95 bits per heavy atom. The number of benzene rings is 2. The minimum Gasteiger partial charge on any atom is -0.389 e. The Labute approximate surface area is 119 Å². The minimum absolute atomic E-state index is 0.142. The summed E-state index contributed by atoms with van der Waals surface area (Å²) < 4.78 is 13.6. The van der Waals surface area contributed by atoms with E-state index in [9.17, 15) is 19.6 Å². The molecule has 1 N–H and O–H groups in total. The zero-order chi connectivity index (χ0) is 14.7. The Morgan fingerprint density at radius 3 is 2.55 bits per heavy atom. The smallest absolute Gasteiger partial charge is 0.283 e. The number of nitro groups is 1. The Morgan fingerprint density at radius 1 is 1.25 bits per heavy atom. The van der Waals surface area contributed by atoms with Gasteiger partial charge in [-0.1, -0.05) is 30.0 Å². The van der Waals surface area contributed by atoms with Gasteiger partial charge in [0.2, 0.25) is 0 Å². The first-order valence-electron chi connectivity index (χ1n) is 5.88. The van der Waals surface area contributed by atoms with Gasteiger partial charge >= 0.3 is 0 Å². The Balaban J connectivity index is 2.41. The summed E-state index contributed by atoms with van der Waals surface area (Å²) in [5.74, 6) is -0.425. The second-order valence-electron chi connectivity index (χ2n) is 4.19. The second-order valence-corrected chi connectivity index (χ2v) is 5.28. The molecule has 0 aliphatic rings. The van der Waals surface area contributed by atoms with E-state index in [-0.39, 0.29) is 5.69 Å². The zero-order valence-corrected chi connectivity index (χ0v) is 11.4. The molecule has 4 nitrogen and oxygen atoms in total. The fourth-order valence-corrected chi connectivity index (χ4v) is 2.59. The van der Waals surface area contributed by atoms with Crippen molar-refractivity contribution in [2.75, 3.05) is 0 Å². The monoisotopic (exact) mass is 293 g/mol. The molecule has 0 heterocycles. The van der Waals surface area contributed by atoms with Gasteiger partial charge in [-0.05, 0) is 30.7 Å². The average Bonchev–Trinajstić information content (AvgIpc) is 2.41. The molecule has 2 rings (SSSR count). The number of rotatable bonds is 4. The molecule has 0 radical (unpaired) electrons. The minimum atomic E-state index is -0.791. The first-order valence-corrected chi connectivity index (χ1v) is 6.69. The summed E-state index contributed by atoms with van der Waals surface area (Å²) in [7, 11) is 0. The number of aliphatic hydroxyl groups is 1. The van der Waals surface area contributed by atoms with Crippen LogP contribution in [-0.2, 0) is 0 Å². The van der Waals surface area contributed by atoms with Gasteiger partial charge in [0.1, 0.15) is 5.82 Å². The van der Waals surface area contributed by atoms with E-state index in [1.165, 1.54) is 25.1 Å². The van der Waals surface area contributed by atoms with Crippen LogP contribution >= 0.6 is 11.8 Å². The van der Waals surface area contributed by atoms with Gasteiger partial charge in [-0.2, -0.15) is 0 Å². The van der Waals surface area contributed by atoms with E-state index in [2.05, 4.69) is 0 Å². The van der Waals surface area contributed by atoms with Gasteiger partial charge in [-0.3, -0.25) is 10.1 Å². The fourth-order valence-electron chi connectivity index (χ4n) is 1.67. The number of hydrogen-bond donors (Lipinski definition) is 1. The van der Waals surface area contributed by atoms with Gasteiger partial charge in [0.05, 0.1) is 15.9 Å². The van der Waals surface area contributed by atoms with Crippen molar-refractivity contribution in [1.82, 2.24) is 0 Å². The number of halogens is 1. The topological polar surface area (TPSA) is 63.4 Å². The zero-order valence-electron chi connectivity index (χ0n) is 10.6. The quantitative estimate of drug-likeness (QED) is 0.685. The fraction of sp³-hybridized carbons (Fsp3) is 0.143. The predicted molar refractivity (Wildman–Crippen MR) is 74.3 cm³/mol. The summed E-state index contributed by atoms with van der Waals surface area (Å²) in [4.78, 5) is 11.2. The Hall–Kier alpha value is -1.92. The highest BCUT2D eigenvalue weighted by atomic mass is 32.2. The summed E-state index contributed by atoms with van der Waals surface area (Å²) in [6.07, 6.45) is -0.791. The Bertz CT molecular complexity index is 646. The molecule has 1 atom stereocenters. The van der Waals surface area contributed by atoms with Crippen molar-refractivity contribution in [2.45, 2.75) is 22.8 Å². The van der Waals surface area contributed by atoms with Crippen LogP contribution in [0.5, 0.6) is 0 Å². The molecule has 0 aromatic heterocycles. The number of nitro benzene ring substituents is 1. The van der Waals surface area contributed by atoms with Crippen LogP contribution in [0.25, 0.3) is 0 Å². The van der Waals surface area contributed by atoms with Gasteiger partial charge in [-0.15, -0.1) is 0 Å². The third-order valence-electron chi connectivity index (χ3n) is 2.72. The van der Waals surface area contributed by atoms with Gasteiger partial charge in [0, 0.05) is 11.0 Å². The maximum Gasteiger partial charge on any atom is 0.283 e. The van der Waals surface area contributed by atoms with E-state index in [1.54, 1.807) is 24.3 Å².